The number of nitrogens with one attached hydrogen (secondary N) is 2. The topological polar surface area (TPSA) is 70.6 Å². The van der Waals surface area contributed by atoms with Crippen molar-refractivity contribution < 1.29 is 14.6 Å². The second-order valence-electron chi connectivity index (χ2n) is 4.54. The van der Waals surface area contributed by atoms with Gasteiger partial charge in [0.25, 0.3) is 5.91 Å². The molecular weight excluding hydrogens is 312 g/mol. The highest BCUT2D eigenvalue weighted by Crippen LogP contribution is 2.23. The van der Waals surface area contributed by atoms with Crippen LogP contribution in [-0.2, 0) is 0 Å². The van der Waals surface area contributed by atoms with Crippen molar-refractivity contribution in [1.29, 1.82) is 0 Å². The molecule has 1 aromatic rings. The van der Waals surface area contributed by atoms with Crippen LogP contribution in [-0.4, -0.2) is 43.9 Å². The molecule has 2 rings (SSSR count). The van der Waals surface area contributed by atoms with Gasteiger partial charge in [-0.2, -0.15) is 0 Å². The van der Waals surface area contributed by atoms with Gasteiger partial charge in [0.2, 0.25) is 0 Å². The molecule has 1 aliphatic heterocycles. The van der Waals surface area contributed by atoms with Crippen molar-refractivity contribution in [1.82, 2.24) is 10.6 Å². The summed E-state index contributed by atoms with van der Waals surface area (Å²) in [5, 5.41) is 15.6. The minimum absolute atomic E-state index is 0.0605. The molecule has 1 fully saturated rings. The number of carbonyl (C=O) groups excluding carboxylic acids is 1. The summed E-state index contributed by atoms with van der Waals surface area (Å²) >= 11 is 3.33. The number of aliphatic hydroxyl groups is 1. The molecule has 104 valence electrons. The van der Waals surface area contributed by atoms with Crippen LogP contribution >= 0.6 is 15.9 Å². The van der Waals surface area contributed by atoms with Gasteiger partial charge in [-0.05, 0) is 18.2 Å². The highest BCUT2D eigenvalue weighted by Gasteiger charge is 2.25. The van der Waals surface area contributed by atoms with Gasteiger partial charge in [-0.1, -0.05) is 15.9 Å². The van der Waals surface area contributed by atoms with E-state index >= 15 is 0 Å². The molecule has 19 heavy (non-hydrogen) atoms. The first-order chi connectivity index (χ1) is 9.11. The van der Waals surface area contributed by atoms with Gasteiger partial charge in [0.1, 0.15) is 5.75 Å². The first kappa shape index (κ1) is 14.3. The van der Waals surface area contributed by atoms with Crippen LogP contribution in [0.2, 0.25) is 0 Å². The molecule has 0 radical (unpaired) electrons. The lowest BCUT2D eigenvalue weighted by Gasteiger charge is -2.15. The van der Waals surface area contributed by atoms with Gasteiger partial charge in [-0.25, -0.2) is 0 Å². The zero-order valence-electron chi connectivity index (χ0n) is 10.6. The lowest BCUT2D eigenvalue weighted by molar-refractivity contribution is 0.0924. The van der Waals surface area contributed by atoms with E-state index in [0.29, 0.717) is 24.4 Å². The van der Waals surface area contributed by atoms with Gasteiger partial charge in [0, 0.05) is 30.0 Å². The largest absolute Gasteiger partial charge is 0.496 e. The molecule has 6 heteroatoms. The monoisotopic (exact) mass is 328 g/mol. The summed E-state index contributed by atoms with van der Waals surface area (Å²) < 4.78 is 6.05. The predicted octanol–water partition coefficient (Wildman–Crippen LogP) is 0.768. The Kier molecular flexibility index (Phi) is 4.79. The number of hydrogen-bond donors (Lipinski definition) is 3. The van der Waals surface area contributed by atoms with E-state index in [-0.39, 0.29) is 11.8 Å². The summed E-state index contributed by atoms with van der Waals surface area (Å²) in [7, 11) is 1.53. The van der Waals surface area contributed by atoms with E-state index in [1.165, 1.54) is 7.11 Å². The van der Waals surface area contributed by atoms with Gasteiger partial charge in [-0.15, -0.1) is 0 Å². The number of amides is 1. The van der Waals surface area contributed by atoms with Gasteiger partial charge < -0.3 is 20.5 Å². The van der Waals surface area contributed by atoms with Crippen LogP contribution in [0.4, 0.5) is 0 Å². The molecule has 0 bridgehead atoms. The summed E-state index contributed by atoms with van der Waals surface area (Å²) in [4.78, 5) is 12.1. The van der Waals surface area contributed by atoms with Crippen molar-refractivity contribution in [3.8, 4) is 5.75 Å². The van der Waals surface area contributed by atoms with E-state index in [2.05, 4.69) is 26.6 Å². The zero-order valence-corrected chi connectivity index (χ0v) is 12.2. The van der Waals surface area contributed by atoms with Crippen molar-refractivity contribution in [2.75, 3.05) is 26.7 Å². The third-order valence-corrected chi connectivity index (χ3v) is 3.73. The minimum Gasteiger partial charge on any atom is -0.496 e. The molecule has 2 unspecified atom stereocenters. The Hall–Kier alpha value is -1.11. The van der Waals surface area contributed by atoms with Gasteiger partial charge in [0.05, 0.1) is 18.8 Å². The van der Waals surface area contributed by atoms with Crippen molar-refractivity contribution in [2.24, 2.45) is 5.92 Å². The number of benzene rings is 1. The summed E-state index contributed by atoms with van der Waals surface area (Å²) in [5.74, 6) is 0.394. The number of methoxy groups -OCH3 is 1. The Balaban J connectivity index is 1.99. The molecule has 2 atom stereocenters. The molecule has 5 nitrogen and oxygen atoms in total. The fourth-order valence-corrected chi connectivity index (χ4v) is 2.44. The van der Waals surface area contributed by atoms with Gasteiger partial charge in [0.15, 0.2) is 0 Å². The molecule has 0 aliphatic carbocycles. The number of carbonyl (C=O) groups is 1. The Bertz CT molecular complexity index is 467. The Morgan fingerprint density at radius 3 is 3.00 bits per heavy atom. The van der Waals surface area contributed by atoms with Crippen molar-refractivity contribution in [3.63, 3.8) is 0 Å². The first-order valence-corrected chi connectivity index (χ1v) is 6.91. The fourth-order valence-electron chi connectivity index (χ4n) is 2.10. The van der Waals surface area contributed by atoms with Crippen molar-refractivity contribution >= 4 is 21.8 Å². The van der Waals surface area contributed by atoms with Gasteiger partial charge >= 0.3 is 0 Å². The van der Waals surface area contributed by atoms with Gasteiger partial charge in [-0.3, -0.25) is 4.79 Å². The first-order valence-electron chi connectivity index (χ1n) is 6.12. The Morgan fingerprint density at radius 1 is 1.58 bits per heavy atom. The van der Waals surface area contributed by atoms with Crippen LogP contribution in [0.15, 0.2) is 22.7 Å². The molecule has 1 heterocycles. The molecule has 0 spiro atoms. The van der Waals surface area contributed by atoms with Crippen LogP contribution in [0.5, 0.6) is 5.75 Å². The third-order valence-electron chi connectivity index (χ3n) is 3.24. The fraction of sp³-hybridized carbons (Fsp3) is 0.462. The maximum atomic E-state index is 12.1. The molecule has 1 saturated heterocycles. The third kappa shape index (κ3) is 3.46. The molecule has 0 aromatic heterocycles. The number of aliphatic hydroxyl groups excluding tert-OH is 1. The lowest BCUT2D eigenvalue weighted by atomic mass is 10.1. The van der Waals surface area contributed by atoms with Crippen molar-refractivity contribution in [2.45, 2.75) is 6.10 Å². The quantitative estimate of drug-likeness (QED) is 0.763. The second-order valence-corrected chi connectivity index (χ2v) is 5.46. The minimum atomic E-state index is -0.396. The lowest BCUT2D eigenvalue weighted by Crippen LogP contribution is -2.34. The second kappa shape index (κ2) is 6.36. The summed E-state index contributed by atoms with van der Waals surface area (Å²) in [6.45, 7) is 1.76. The zero-order chi connectivity index (χ0) is 13.8. The van der Waals surface area contributed by atoms with Crippen LogP contribution in [0.25, 0.3) is 0 Å². The maximum Gasteiger partial charge on any atom is 0.255 e. The molecule has 1 aliphatic rings. The standard InChI is InChI=1S/C13H17BrN2O3/c1-19-12-4-9(14)2-3-10(12)13(18)16-6-8-5-15-7-11(8)17/h2-4,8,11,15,17H,5-7H2,1H3,(H,16,18). The number of ether oxygens (including phenoxy) is 1. The molecule has 0 saturated carbocycles. The average molecular weight is 329 g/mol. The van der Waals surface area contributed by atoms with E-state index < -0.39 is 6.10 Å². The molecule has 1 amide bonds. The van der Waals surface area contributed by atoms with Crippen LogP contribution in [0.3, 0.4) is 0 Å². The summed E-state index contributed by atoms with van der Waals surface area (Å²) in [6, 6.07) is 5.26. The average Bonchev–Trinajstić information content (AvgIpc) is 2.81. The number of β-amino-alcohol motifs (C(OH)–C–C–N with tert-alkyl or cyclic N) is 1. The smallest absolute Gasteiger partial charge is 0.255 e. The summed E-state index contributed by atoms with van der Waals surface area (Å²) in [5.41, 5.74) is 0.492. The van der Waals surface area contributed by atoms with Crippen LogP contribution in [0.1, 0.15) is 10.4 Å². The molecule has 3 N–H and O–H groups in total. The molecular formula is C13H17BrN2O3. The van der Waals surface area contributed by atoms with Crippen LogP contribution < -0.4 is 15.4 Å². The van der Waals surface area contributed by atoms with Crippen molar-refractivity contribution in [3.05, 3.63) is 28.2 Å². The van der Waals surface area contributed by atoms with Crippen LogP contribution in [0, 0.1) is 5.92 Å². The Labute approximate surface area is 120 Å². The van der Waals surface area contributed by atoms with E-state index in [1.807, 2.05) is 0 Å². The number of halogens is 1. The normalized spacial score (nSPS) is 22.3. The number of hydrogen-bond acceptors (Lipinski definition) is 4. The summed E-state index contributed by atoms with van der Waals surface area (Å²) in [6.07, 6.45) is -0.396. The highest BCUT2D eigenvalue weighted by atomic mass is 79.9. The highest BCUT2D eigenvalue weighted by molar-refractivity contribution is 9.10. The van der Waals surface area contributed by atoms with E-state index in [9.17, 15) is 9.90 Å². The van der Waals surface area contributed by atoms with E-state index in [1.54, 1.807) is 18.2 Å². The maximum absolute atomic E-state index is 12.1. The van der Waals surface area contributed by atoms with E-state index in [0.717, 1.165) is 11.0 Å². The SMILES string of the molecule is COc1cc(Br)ccc1C(=O)NCC1CNCC1O. The number of rotatable bonds is 4. The van der Waals surface area contributed by atoms with E-state index in [4.69, 9.17) is 4.74 Å². The molecule has 1 aromatic carbocycles. The Morgan fingerprint density at radius 2 is 2.37 bits per heavy atom. The predicted molar refractivity (Wildman–Crippen MR) is 75.4 cm³/mol.